The molecule has 1 aliphatic rings. The normalized spacial score (nSPS) is 17.2. The van der Waals surface area contributed by atoms with Crippen molar-refractivity contribution in [3.05, 3.63) is 39.9 Å². The first-order valence-corrected chi connectivity index (χ1v) is 11.4. The van der Waals surface area contributed by atoms with E-state index in [1.807, 2.05) is 24.3 Å². The minimum absolute atomic E-state index is 0.296. The first kappa shape index (κ1) is 25.0. The molecule has 0 aliphatic carbocycles. The molecule has 0 saturated carbocycles. The highest BCUT2D eigenvalue weighted by molar-refractivity contribution is 9.10. The van der Waals surface area contributed by atoms with Crippen molar-refractivity contribution in [1.82, 2.24) is 4.90 Å². The maximum absolute atomic E-state index is 11.8. The largest absolute Gasteiger partial charge is 0.493 e. The van der Waals surface area contributed by atoms with Crippen molar-refractivity contribution in [2.75, 3.05) is 48.6 Å². The van der Waals surface area contributed by atoms with E-state index in [1.54, 1.807) is 35.5 Å². The molecular formula is C24H30BrNO7. The van der Waals surface area contributed by atoms with Gasteiger partial charge >= 0.3 is 5.97 Å². The van der Waals surface area contributed by atoms with Crippen molar-refractivity contribution in [1.29, 1.82) is 0 Å². The van der Waals surface area contributed by atoms with Crippen LogP contribution in [0.2, 0.25) is 0 Å². The summed E-state index contributed by atoms with van der Waals surface area (Å²) in [5.41, 5.74) is 1.79. The van der Waals surface area contributed by atoms with Gasteiger partial charge in [-0.15, -0.1) is 0 Å². The lowest BCUT2D eigenvalue weighted by molar-refractivity contribution is -0.143. The Hall–Kier alpha value is -2.65. The lowest BCUT2D eigenvalue weighted by atomic mass is 9.91. The van der Waals surface area contributed by atoms with Crippen LogP contribution in [0.5, 0.6) is 28.7 Å². The Bertz CT molecular complexity index is 972. The molecule has 0 spiro atoms. The van der Waals surface area contributed by atoms with E-state index in [0.717, 1.165) is 28.6 Å². The maximum Gasteiger partial charge on any atom is 0.307 e. The van der Waals surface area contributed by atoms with E-state index in [0.29, 0.717) is 41.7 Å². The molecule has 2 unspecified atom stereocenters. The third-order valence-corrected chi connectivity index (χ3v) is 6.65. The van der Waals surface area contributed by atoms with E-state index in [4.69, 9.17) is 23.7 Å². The molecule has 0 aromatic heterocycles. The summed E-state index contributed by atoms with van der Waals surface area (Å²) in [5.74, 6) is 1.51. The molecule has 0 bridgehead atoms. The van der Waals surface area contributed by atoms with E-state index < -0.39 is 11.9 Å². The van der Waals surface area contributed by atoms with Crippen LogP contribution in [0.3, 0.4) is 0 Å². The fraction of sp³-hybridized carbons (Fsp3) is 0.458. The number of benzene rings is 2. The van der Waals surface area contributed by atoms with E-state index in [9.17, 15) is 9.90 Å². The van der Waals surface area contributed by atoms with Gasteiger partial charge in [0, 0.05) is 11.0 Å². The number of rotatable bonds is 9. The number of carbonyl (C=O) groups is 1. The van der Waals surface area contributed by atoms with Gasteiger partial charge in [-0.2, -0.15) is 0 Å². The van der Waals surface area contributed by atoms with Crippen LogP contribution >= 0.6 is 15.9 Å². The summed E-state index contributed by atoms with van der Waals surface area (Å²) in [6, 6.07) is 7.29. The van der Waals surface area contributed by atoms with Gasteiger partial charge in [0.1, 0.15) is 0 Å². The number of halogens is 1. The van der Waals surface area contributed by atoms with Crippen molar-refractivity contribution in [3.63, 3.8) is 0 Å². The number of carboxylic acid groups (broad SMARTS) is 1. The molecule has 9 heteroatoms. The zero-order chi connectivity index (χ0) is 24.1. The number of hydrogen-bond acceptors (Lipinski definition) is 7. The van der Waals surface area contributed by atoms with Crippen LogP contribution in [0.4, 0.5) is 0 Å². The van der Waals surface area contributed by atoms with Crippen LogP contribution in [0, 0.1) is 5.92 Å². The summed E-state index contributed by atoms with van der Waals surface area (Å²) >= 11 is 3.69. The summed E-state index contributed by atoms with van der Waals surface area (Å²) in [6.07, 6.45) is 1.43. The number of methoxy groups -OCH3 is 5. The molecule has 0 amide bonds. The van der Waals surface area contributed by atoms with Gasteiger partial charge in [0.15, 0.2) is 23.0 Å². The number of aliphatic carboxylic acids is 1. The number of ether oxygens (including phenoxy) is 5. The number of likely N-dealkylation sites (tertiary alicyclic amines) is 1. The second-order valence-corrected chi connectivity index (χ2v) is 8.62. The Morgan fingerprint density at radius 3 is 2.03 bits per heavy atom. The molecule has 33 heavy (non-hydrogen) atoms. The van der Waals surface area contributed by atoms with Gasteiger partial charge in [-0.25, -0.2) is 0 Å². The van der Waals surface area contributed by atoms with Crippen molar-refractivity contribution in [2.45, 2.75) is 18.9 Å². The van der Waals surface area contributed by atoms with Crippen molar-refractivity contribution in [3.8, 4) is 28.7 Å². The number of piperidine rings is 1. The zero-order valence-corrected chi connectivity index (χ0v) is 21.1. The quantitative estimate of drug-likeness (QED) is 0.518. The molecule has 2 atom stereocenters. The number of nitrogens with zero attached hydrogens (tertiary/aromatic N) is 1. The Balaban J connectivity index is 2.22. The van der Waals surface area contributed by atoms with Crippen molar-refractivity contribution >= 4 is 21.9 Å². The standard InChI is InChI=1S/C24H30BrNO7/c1-29-18-11-16(17(25)12-19(18)30-2)22(26-8-6-7-14(13-26)24(27)28)15-9-20(31-3)23(33-5)21(10-15)32-4/h9-12,14,22H,6-8,13H2,1-5H3,(H,27,28). The predicted molar refractivity (Wildman–Crippen MR) is 127 cm³/mol. The monoisotopic (exact) mass is 523 g/mol. The molecule has 1 aliphatic heterocycles. The average Bonchev–Trinajstić information content (AvgIpc) is 2.84. The molecule has 1 saturated heterocycles. The fourth-order valence-corrected chi connectivity index (χ4v) is 4.91. The van der Waals surface area contributed by atoms with Gasteiger partial charge < -0.3 is 28.8 Å². The lowest BCUT2D eigenvalue weighted by Gasteiger charge is -2.38. The fourth-order valence-electron chi connectivity index (χ4n) is 4.37. The highest BCUT2D eigenvalue weighted by Gasteiger charge is 2.34. The Kier molecular flexibility index (Phi) is 8.31. The topological polar surface area (TPSA) is 86.7 Å². The SMILES string of the molecule is COc1cc(Br)c(C(c2cc(OC)c(OC)c(OC)c2)N2CCCC(C(=O)O)C2)cc1OC. The summed E-state index contributed by atoms with van der Waals surface area (Å²) in [5, 5.41) is 9.69. The Labute approximate surface area is 202 Å². The van der Waals surface area contributed by atoms with E-state index in [-0.39, 0.29) is 6.04 Å². The molecule has 3 rings (SSSR count). The Morgan fingerprint density at radius 2 is 1.52 bits per heavy atom. The van der Waals surface area contributed by atoms with Gasteiger partial charge in [0.2, 0.25) is 5.75 Å². The second-order valence-electron chi connectivity index (χ2n) is 7.76. The van der Waals surface area contributed by atoms with E-state index in [1.165, 1.54) is 0 Å². The molecular weight excluding hydrogens is 494 g/mol. The van der Waals surface area contributed by atoms with Crippen LogP contribution in [-0.2, 0) is 4.79 Å². The first-order valence-electron chi connectivity index (χ1n) is 10.6. The Morgan fingerprint density at radius 1 is 0.939 bits per heavy atom. The first-order chi connectivity index (χ1) is 15.9. The molecule has 8 nitrogen and oxygen atoms in total. The zero-order valence-electron chi connectivity index (χ0n) is 19.5. The van der Waals surface area contributed by atoms with Crippen molar-refractivity contribution < 1.29 is 33.6 Å². The minimum atomic E-state index is -0.783. The molecule has 1 heterocycles. The van der Waals surface area contributed by atoms with Gasteiger partial charge in [-0.1, -0.05) is 15.9 Å². The second kappa shape index (κ2) is 11.0. The lowest BCUT2D eigenvalue weighted by Crippen LogP contribution is -2.41. The molecule has 1 fully saturated rings. The number of hydrogen-bond donors (Lipinski definition) is 1. The van der Waals surface area contributed by atoms with Crippen molar-refractivity contribution in [2.24, 2.45) is 5.92 Å². The third kappa shape index (κ3) is 5.14. The van der Waals surface area contributed by atoms with Crippen LogP contribution in [-0.4, -0.2) is 64.6 Å². The van der Waals surface area contributed by atoms with Gasteiger partial charge in [0.25, 0.3) is 0 Å². The summed E-state index contributed by atoms with van der Waals surface area (Å²) in [4.78, 5) is 14.0. The molecule has 0 radical (unpaired) electrons. The molecule has 180 valence electrons. The molecule has 1 N–H and O–H groups in total. The van der Waals surface area contributed by atoms with E-state index >= 15 is 0 Å². The minimum Gasteiger partial charge on any atom is -0.493 e. The highest BCUT2D eigenvalue weighted by atomic mass is 79.9. The van der Waals surface area contributed by atoms with Crippen LogP contribution in [0.15, 0.2) is 28.7 Å². The van der Waals surface area contributed by atoms with Gasteiger partial charge in [-0.3, -0.25) is 9.69 Å². The highest BCUT2D eigenvalue weighted by Crippen LogP contribution is 2.46. The van der Waals surface area contributed by atoms with Crippen LogP contribution in [0.1, 0.15) is 30.0 Å². The summed E-state index contributed by atoms with van der Waals surface area (Å²) in [7, 11) is 7.88. The molecule has 2 aromatic carbocycles. The smallest absolute Gasteiger partial charge is 0.307 e. The average molecular weight is 524 g/mol. The predicted octanol–water partition coefficient (Wildman–Crippen LogP) is 4.38. The van der Waals surface area contributed by atoms with Crippen LogP contribution in [0.25, 0.3) is 0 Å². The summed E-state index contributed by atoms with van der Waals surface area (Å²) < 4.78 is 28.5. The van der Waals surface area contributed by atoms with Gasteiger partial charge in [-0.05, 0) is 54.8 Å². The summed E-state index contributed by atoms with van der Waals surface area (Å²) in [6.45, 7) is 1.16. The van der Waals surface area contributed by atoms with Gasteiger partial charge in [0.05, 0.1) is 47.5 Å². The molecule has 2 aromatic rings. The third-order valence-electron chi connectivity index (χ3n) is 5.97. The number of carboxylic acids is 1. The van der Waals surface area contributed by atoms with E-state index in [2.05, 4.69) is 20.8 Å². The van der Waals surface area contributed by atoms with Crippen LogP contribution < -0.4 is 23.7 Å². The maximum atomic E-state index is 11.8.